The van der Waals surface area contributed by atoms with Crippen molar-refractivity contribution >= 4 is 28.9 Å². The van der Waals surface area contributed by atoms with Crippen molar-refractivity contribution in [3.63, 3.8) is 0 Å². The molecular weight excluding hydrogens is 302 g/mol. The van der Waals surface area contributed by atoms with Crippen molar-refractivity contribution in [1.29, 1.82) is 5.41 Å². The molecule has 2 rings (SSSR count). The number of carbonyl (C=O) groups excluding carboxylic acids is 1. The van der Waals surface area contributed by atoms with Gasteiger partial charge in [0.15, 0.2) is 5.78 Å². The van der Waals surface area contributed by atoms with Crippen LogP contribution in [0, 0.1) is 5.41 Å². The fourth-order valence-corrected chi connectivity index (χ4v) is 2.04. The Hall–Kier alpha value is -2.40. The van der Waals surface area contributed by atoms with Gasteiger partial charge < -0.3 is 10.1 Å². The summed E-state index contributed by atoms with van der Waals surface area (Å²) in [6.45, 7) is 1.85. The lowest BCUT2D eigenvalue weighted by atomic mass is 10.1. The zero-order valence-electron chi connectivity index (χ0n) is 12.3. The fraction of sp³-hybridized carbons (Fsp3) is 0.188. The molecule has 1 aromatic carbocycles. The summed E-state index contributed by atoms with van der Waals surface area (Å²) in [5.74, 6) is 0.879. The number of aromatic nitrogens is 1. The van der Waals surface area contributed by atoms with E-state index in [1.807, 2.05) is 24.3 Å². The van der Waals surface area contributed by atoms with E-state index in [9.17, 15) is 4.79 Å². The van der Waals surface area contributed by atoms with Gasteiger partial charge in [0.1, 0.15) is 22.4 Å². The summed E-state index contributed by atoms with van der Waals surface area (Å²) in [5.41, 5.74) is 1.36. The Morgan fingerprint density at radius 3 is 2.55 bits per heavy atom. The van der Waals surface area contributed by atoms with Gasteiger partial charge in [0.25, 0.3) is 0 Å². The van der Waals surface area contributed by atoms with Gasteiger partial charge in [0.2, 0.25) is 0 Å². The molecule has 2 aromatic rings. The lowest BCUT2D eigenvalue weighted by molar-refractivity contribution is -0.111. The molecule has 0 aliphatic heterocycles. The van der Waals surface area contributed by atoms with E-state index in [2.05, 4.69) is 10.3 Å². The minimum atomic E-state index is -0.323. The standard InChI is InChI=1S/C16H16ClN3O2/c1-10(21)15(18)13-7-8-14(17)20-16(13)19-9-11-3-5-12(22-2)6-4-11/h3-8,18H,9H2,1-2H3,(H,19,20). The Morgan fingerprint density at radius 1 is 1.27 bits per heavy atom. The van der Waals surface area contributed by atoms with Crippen LogP contribution in [-0.2, 0) is 11.3 Å². The van der Waals surface area contributed by atoms with E-state index in [1.165, 1.54) is 6.92 Å². The number of hydrogen-bond acceptors (Lipinski definition) is 5. The number of Topliss-reactive ketones (excluding diaryl/α,β-unsaturated/α-hetero) is 1. The van der Waals surface area contributed by atoms with Crippen molar-refractivity contribution in [1.82, 2.24) is 4.98 Å². The summed E-state index contributed by atoms with van der Waals surface area (Å²) >= 11 is 5.90. The summed E-state index contributed by atoms with van der Waals surface area (Å²) in [6.07, 6.45) is 0. The van der Waals surface area contributed by atoms with Crippen molar-refractivity contribution in [3.8, 4) is 5.75 Å². The maximum Gasteiger partial charge on any atom is 0.178 e. The summed E-state index contributed by atoms with van der Waals surface area (Å²) < 4.78 is 5.11. The Kier molecular flexibility index (Phi) is 5.12. The molecule has 0 bridgehead atoms. The first-order valence-electron chi connectivity index (χ1n) is 6.64. The molecule has 22 heavy (non-hydrogen) atoms. The zero-order valence-corrected chi connectivity index (χ0v) is 13.1. The predicted molar refractivity (Wildman–Crippen MR) is 87.1 cm³/mol. The van der Waals surface area contributed by atoms with Gasteiger partial charge in [-0.2, -0.15) is 0 Å². The van der Waals surface area contributed by atoms with Gasteiger partial charge in [0, 0.05) is 19.0 Å². The third-order valence-corrected chi connectivity index (χ3v) is 3.31. The van der Waals surface area contributed by atoms with E-state index >= 15 is 0 Å². The van der Waals surface area contributed by atoms with Crippen LogP contribution >= 0.6 is 11.6 Å². The molecular formula is C16H16ClN3O2. The molecule has 0 saturated carbocycles. The largest absolute Gasteiger partial charge is 0.497 e. The van der Waals surface area contributed by atoms with Gasteiger partial charge in [-0.15, -0.1) is 0 Å². The topological polar surface area (TPSA) is 75.1 Å². The maximum atomic E-state index is 11.4. The number of nitrogens with zero attached hydrogens (tertiary/aromatic N) is 1. The highest BCUT2D eigenvalue weighted by molar-refractivity contribution is 6.45. The van der Waals surface area contributed by atoms with Gasteiger partial charge >= 0.3 is 0 Å². The molecule has 0 aliphatic carbocycles. The van der Waals surface area contributed by atoms with Gasteiger partial charge in [-0.3, -0.25) is 10.2 Å². The van der Waals surface area contributed by atoms with E-state index in [0.717, 1.165) is 11.3 Å². The Balaban J connectivity index is 2.19. The van der Waals surface area contributed by atoms with Crippen molar-refractivity contribution in [2.45, 2.75) is 13.5 Å². The maximum absolute atomic E-state index is 11.4. The van der Waals surface area contributed by atoms with Crippen LogP contribution in [0.25, 0.3) is 0 Å². The number of hydrogen-bond donors (Lipinski definition) is 2. The van der Waals surface area contributed by atoms with Gasteiger partial charge in [0.05, 0.1) is 7.11 Å². The minimum absolute atomic E-state index is 0.0959. The Labute approximate surface area is 133 Å². The number of methoxy groups -OCH3 is 1. The predicted octanol–water partition coefficient (Wildman–Crippen LogP) is 3.31. The van der Waals surface area contributed by atoms with Crippen molar-refractivity contribution in [3.05, 3.63) is 52.7 Å². The highest BCUT2D eigenvalue weighted by Gasteiger charge is 2.13. The third-order valence-electron chi connectivity index (χ3n) is 3.10. The van der Waals surface area contributed by atoms with Crippen LogP contribution in [0.15, 0.2) is 36.4 Å². The number of nitrogens with one attached hydrogen (secondary N) is 2. The van der Waals surface area contributed by atoms with Crippen molar-refractivity contribution < 1.29 is 9.53 Å². The van der Waals surface area contributed by atoms with Crippen molar-refractivity contribution in [2.75, 3.05) is 12.4 Å². The van der Waals surface area contributed by atoms with Gasteiger partial charge in [-0.25, -0.2) is 4.98 Å². The molecule has 0 fully saturated rings. The molecule has 5 nitrogen and oxygen atoms in total. The highest BCUT2D eigenvalue weighted by Crippen LogP contribution is 2.19. The molecule has 0 amide bonds. The van der Waals surface area contributed by atoms with E-state index in [0.29, 0.717) is 23.1 Å². The molecule has 114 valence electrons. The quantitative estimate of drug-likeness (QED) is 0.633. The second-order valence-corrected chi connectivity index (χ2v) is 5.05. The highest BCUT2D eigenvalue weighted by atomic mass is 35.5. The number of halogens is 1. The van der Waals surface area contributed by atoms with E-state index < -0.39 is 0 Å². The number of pyridine rings is 1. The van der Waals surface area contributed by atoms with Crippen LogP contribution in [0.4, 0.5) is 5.82 Å². The van der Waals surface area contributed by atoms with Crippen LogP contribution in [0.2, 0.25) is 5.15 Å². The fourth-order valence-electron chi connectivity index (χ4n) is 1.89. The smallest absolute Gasteiger partial charge is 0.178 e. The normalized spacial score (nSPS) is 10.1. The minimum Gasteiger partial charge on any atom is -0.497 e. The van der Waals surface area contributed by atoms with Crippen LogP contribution in [0.3, 0.4) is 0 Å². The summed E-state index contributed by atoms with van der Waals surface area (Å²) in [7, 11) is 1.61. The van der Waals surface area contributed by atoms with E-state index in [1.54, 1.807) is 19.2 Å². The zero-order chi connectivity index (χ0) is 16.1. The van der Waals surface area contributed by atoms with E-state index in [-0.39, 0.29) is 11.5 Å². The lowest BCUT2D eigenvalue weighted by Gasteiger charge is -2.11. The first kappa shape index (κ1) is 16.0. The van der Waals surface area contributed by atoms with Crippen LogP contribution < -0.4 is 10.1 Å². The Bertz CT molecular complexity index is 699. The molecule has 0 aliphatic rings. The van der Waals surface area contributed by atoms with Gasteiger partial charge in [-0.1, -0.05) is 23.7 Å². The number of rotatable bonds is 6. The number of ether oxygens (including phenoxy) is 1. The third kappa shape index (κ3) is 3.83. The van der Waals surface area contributed by atoms with Crippen LogP contribution in [0.1, 0.15) is 18.1 Å². The lowest BCUT2D eigenvalue weighted by Crippen LogP contribution is -2.14. The molecule has 0 unspecified atom stereocenters. The average molecular weight is 318 g/mol. The number of anilines is 1. The summed E-state index contributed by atoms with van der Waals surface area (Å²) in [6, 6.07) is 10.8. The summed E-state index contributed by atoms with van der Waals surface area (Å²) in [4.78, 5) is 15.6. The SMILES string of the molecule is COc1ccc(CNc2nc(Cl)ccc2C(=N)C(C)=O)cc1. The second kappa shape index (κ2) is 7.04. The molecule has 1 aromatic heterocycles. The van der Waals surface area contributed by atoms with Crippen molar-refractivity contribution in [2.24, 2.45) is 0 Å². The molecule has 0 saturated heterocycles. The van der Waals surface area contributed by atoms with E-state index in [4.69, 9.17) is 21.7 Å². The molecule has 6 heteroatoms. The first-order valence-corrected chi connectivity index (χ1v) is 7.02. The molecule has 0 atom stereocenters. The summed E-state index contributed by atoms with van der Waals surface area (Å²) in [5, 5.41) is 11.3. The first-order chi connectivity index (χ1) is 10.5. The molecule has 0 radical (unpaired) electrons. The van der Waals surface area contributed by atoms with Gasteiger partial charge in [-0.05, 0) is 29.8 Å². The number of carbonyl (C=O) groups is 1. The van der Waals surface area contributed by atoms with Crippen LogP contribution in [0.5, 0.6) is 5.75 Å². The Morgan fingerprint density at radius 2 is 1.95 bits per heavy atom. The molecule has 1 heterocycles. The number of ketones is 1. The number of benzene rings is 1. The molecule has 0 spiro atoms. The molecule has 2 N–H and O–H groups in total. The van der Waals surface area contributed by atoms with Crippen LogP contribution in [-0.4, -0.2) is 23.6 Å². The second-order valence-electron chi connectivity index (χ2n) is 4.66. The average Bonchev–Trinajstić information content (AvgIpc) is 2.52. The monoisotopic (exact) mass is 317 g/mol.